The van der Waals surface area contributed by atoms with E-state index in [0.29, 0.717) is 16.1 Å². The standard InChI is InChI=1S/C21H16ClFO5S/c1-13-6-8-15(9-7-13)29(24,25)26-12-20-27-19-11-14(23)10-17(21(19)28-20)16-4-2-3-5-18(16)22/h2-11,20H,12H2,1H3. The topological polar surface area (TPSA) is 61.8 Å². The lowest BCUT2D eigenvalue weighted by atomic mass is 10.0. The van der Waals surface area contributed by atoms with Gasteiger partial charge in [-0.15, -0.1) is 0 Å². The summed E-state index contributed by atoms with van der Waals surface area (Å²) in [6.07, 6.45) is -1.05. The molecule has 0 spiro atoms. The second-order valence-electron chi connectivity index (χ2n) is 6.48. The van der Waals surface area contributed by atoms with E-state index in [9.17, 15) is 12.8 Å². The molecule has 150 valence electrons. The highest BCUT2D eigenvalue weighted by Gasteiger charge is 2.31. The number of rotatable bonds is 5. The van der Waals surface area contributed by atoms with Crippen molar-refractivity contribution in [2.24, 2.45) is 0 Å². The van der Waals surface area contributed by atoms with Crippen LogP contribution in [0.25, 0.3) is 11.1 Å². The molecule has 3 aromatic carbocycles. The maximum Gasteiger partial charge on any atom is 0.297 e. The number of benzene rings is 3. The van der Waals surface area contributed by atoms with E-state index in [4.69, 9.17) is 25.3 Å². The van der Waals surface area contributed by atoms with Crippen molar-refractivity contribution >= 4 is 21.7 Å². The molecule has 0 N–H and O–H groups in total. The SMILES string of the molecule is Cc1ccc(S(=O)(=O)OCC2Oc3cc(F)cc(-c4ccccc4Cl)c3O2)cc1. The molecule has 0 aliphatic carbocycles. The third kappa shape index (κ3) is 4.07. The lowest BCUT2D eigenvalue weighted by Crippen LogP contribution is -2.26. The lowest BCUT2D eigenvalue weighted by Gasteiger charge is -2.12. The van der Waals surface area contributed by atoms with Crippen LogP contribution in [0.1, 0.15) is 5.56 Å². The smallest absolute Gasteiger partial charge is 0.297 e. The van der Waals surface area contributed by atoms with Crippen LogP contribution in [0.3, 0.4) is 0 Å². The Morgan fingerprint density at radius 1 is 1.03 bits per heavy atom. The van der Waals surface area contributed by atoms with E-state index in [2.05, 4.69) is 0 Å². The first-order chi connectivity index (χ1) is 13.8. The predicted molar refractivity (Wildman–Crippen MR) is 106 cm³/mol. The lowest BCUT2D eigenvalue weighted by molar-refractivity contribution is 0.00988. The van der Waals surface area contributed by atoms with E-state index in [1.807, 2.05) is 6.92 Å². The van der Waals surface area contributed by atoms with Crippen LogP contribution < -0.4 is 9.47 Å². The Bertz CT molecular complexity index is 1160. The molecule has 1 atom stereocenters. The summed E-state index contributed by atoms with van der Waals surface area (Å²) in [4.78, 5) is 0.0291. The van der Waals surface area contributed by atoms with E-state index < -0.39 is 28.8 Å². The van der Waals surface area contributed by atoms with E-state index in [1.165, 1.54) is 24.3 Å². The fourth-order valence-electron chi connectivity index (χ4n) is 2.94. The average Bonchev–Trinajstić information content (AvgIpc) is 3.09. The monoisotopic (exact) mass is 434 g/mol. The van der Waals surface area contributed by atoms with Gasteiger partial charge in [-0.25, -0.2) is 4.39 Å². The molecule has 5 nitrogen and oxygen atoms in total. The Balaban J connectivity index is 1.54. The van der Waals surface area contributed by atoms with Crippen LogP contribution in [0, 0.1) is 12.7 Å². The third-order valence-electron chi connectivity index (χ3n) is 4.36. The summed E-state index contributed by atoms with van der Waals surface area (Å²) >= 11 is 6.23. The minimum absolute atomic E-state index is 0.0291. The molecule has 0 amide bonds. The molecule has 0 saturated heterocycles. The van der Waals surface area contributed by atoms with Crippen LogP contribution in [-0.4, -0.2) is 21.3 Å². The number of halogens is 2. The number of hydrogen-bond acceptors (Lipinski definition) is 5. The normalized spacial score (nSPS) is 15.5. The molecule has 0 saturated carbocycles. The molecule has 8 heteroatoms. The first-order valence-electron chi connectivity index (χ1n) is 8.71. The highest BCUT2D eigenvalue weighted by atomic mass is 35.5. The van der Waals surface area contributed by atoms with E-state index in [0.717, 1.165) is 5.56 Å². The largest absolute Gasteiger partial charge is 0.448 e. The van der Waals surface area contributed by atoms with Crippen molar-refractivity contribution < 1.29 is 26.5 Å². The second-order valence-corrected chi connectivity index (χ2v) is 8.50. The fraction of sp³-hybridized carbons (Fsp3) is 0.143. The van der Waals surface area contributed by atoms with Crippen molar-refractivity contribution in [3.63, 3.8) is 0 Å². The van der Waals surface area contributed by atoms with Gasteiger partial charge in [0.1, 0.15) is 12.4 Å². The summed E-state index contributed by atoms with van der Waals surface area (Å²) in [6.45, 7) is 1.46. The average molecular weight is 435 g/mol. The van der Waals surface area contributed by atoms with Crippen LogP contribution in [0.2, 0.25) is 5.02 Å². The van der Waals surface area contributed by atoms with Gasteiger partial charge in [0, 0.05) is 22.2 Å². The number of hydrogen-bond donors (Lipinski definition) is 0. The van der Waals surface area contributed by atoms with Crippen molar-refractivity contribution in [3.05, 3.63) is 77.1 Å². The van der Waals surface area contributed by atoms with Crippen LogP contribution in [-0.2, 0) is 14.3 Å². The van der Waals surface area contributed by atoms with E-state index in [1.54, 1.807) is 36.4 Å². The maximum absolute atomic E-state index is 14.1. The first-order valence-corrected chi connectivity index (χ1v) is 10.5. The molecule has 29 heavy (non-hydrogen) atoms. The molecular weight excluding hydrogens is 419 g/mol. The van der Waals surface area contributed by atoms with Gasteiger partial charge in [-0.2, -0.15) is 8.42 Å². The highest BCUT2D eigenvalue weighted by molar-refractivity contribution is 7.86. The van der Waals surface area contributed by atoms with Crippen LogP contribution in [0.5, 0.6) is 11.5 Å². The zero-order valence-electron chi connectivity index (χ0n) is 15.3. The Hall–Kier alpha value is -2.61. The summed E-state index contributed by atoms with van der Waals surface area (Å²) in [5.41, 5.74) is 1.91. The Kier molecular flexibility index (Phi) is 5.21. The molecule has 0 aromatic heterocycles. The van der Waals surface area contributed by atoms with Crippen molar-refractivity contribution in [3.8, 4) is 22.6 Å². The van der Waals surface area contributed by atoms with Crippen molar-refractivity contribution in [1.29, 1.82) is 0 Å². The van der Waals surface area contributed by atoms with Crippen molar-refractivity contribution in [1.82, 2.24) is 0 Å². The van der Waals surface area contributed by atoms with Gasteiger partial charge in [-0.3, -0.25) is 4.18 Å². The highest BCUT2D eigenvalue weighted by Crippen LogP contribution is 2.45. The molecule has 1 unspecified atom stereocenters. The molecule has 0 bridgehead atoms. The van der Waals surface area contributed by atoms with Gasteiger partial charge in [0.2, 0.25) is 0 Å². The zero-order valence-corrected chi connectivity index (χ0v) is 16.8. The molecule has 3 aromatic rings. The summed E-state index contributed by atoms with van der Waals surface area (Å²) < 4.78 is 55.1. The van der Waals surface area contributed by atoms with Gasteiger partial charge >= 0.3 is 0 Å². The van der Waals surface area contributed by atoms with Gasteiger partial charge < -0.3 is 9.47 Å². The first kappa shape index (κ1) is 19.7. The number of fused-ring (bicyclic) bond motifs is 1. The van der Waals surface area contributed by atoms with Crippen LogP contribution >= 0.6 is 11.6 Å². The second kappa shape index (κ2) is 7.67. The number of ether oxygens (including phenoxy) is 2. The molecule has 4 rings (SSSR count). The van der Waals surface area contributed by atoms with Gasteiger partial charge in [0.15, 0.2) is 11.5 Å². The molecule has 0 radical (unpaired) electrons. The van der Waals surface area contributed by atoms with Crippen molar-refractivity contribution in [2.75, 3.05) is 6.61 Å². The van der Waals surface area contributed by atoms with Crippen LogP contribution in [0.4, 0.5) is 4.39 Å². The quantitative estimate of drug-likeness (QED) is 0.531. The van der Waals surface area contributed by atoms with Gasteiger partial charge in [-0.1, -0.05) is 47.5 Å². The molecule has 1 heterocycles. The van der Waals surface area contributed by atoms with Crippen molar-refractivity contribution in [2.45, 2.75) is 18.1 Å². The van der Waals surface area contributed by atoms with Crippen LogP contribution in [0.15, 0.2) is 65.6 Å². The fourth-order valence-corrected chi connectivity index (χ4v) is 4.07. The molecule has 1 aliphatic rings. The van der Waals surface area contributed by atoms with Gasteiger partial charge in [0.25, 0.3) is 16.4 Å². The van der Waals surface area contributed by atoms with E-state index >= 15 is 0 Å². The summed E-state index contributed by atoms with van der Waals surface area (Å²) in [6, 6.07) is 15.7. The molecular formula is C21H16ClFO5S. The molecule has 1 aliphatic heterocycles. The van der Waals surface area contributed by atoms with Gasteiger partial charge in [-0.05, 0) is 31.2 Å². The predicted octanol–water partition coefficient (Wildman–Crippen LogP) is 4.96. The third-order valence-corrected chi connectivity index (χ3v) is 5.99. The minimum atomic E-state index is -3.98. The number of aryl methyl sites for hydroxylation is 1. The summed E-state index contributed by atoms with van der Waals surface area (Å²) in [5, 5.41) is 0.422. The summed E-state index contributed by atoms with van der Waals surface area (Å²) in [7, 11) is -3.98. The Labute approximate surface area is 172 Å². The zero-order chi connectivity index (χ0) is 20.6. The minimum Gasteiger partial charge on any atom is -0.448 e. The molecule has 0 fully saturated rings. The summed E-state index contributed by atoms with van der Waals surface area (Å²) in [5.74, 6) is -0.0989. The Morgan fingerprint density at radius 3 is 2.48 bits per heavy atom. The Morgan fingerprint density at radius 2 is 1.76 bits per heavy atom. The maximum atomic E-state index is 14.1. The van der Waals surface area contributed by atoms with Gasteiger partial charge in [0.05, 0.1) is 4.90 Å². The van der Waals surface area contributed by atoms with E-state index in [-0.39, 0.29) is 16.4 Å².